The molecule has 0 spiro atoms. The fraction of sp³-hybridized carbons (Fsp3) is 0.111. The highest BCUT2D eigenvalue weighted by Gasteiger charge is 2.39. The molecule has 3 aromatic heterocycles. The molecule has 0 aliphatic carbocycles. The molecule has 0 amide bonds. The van der Waals surface area contributed by atoms with E-state index in [0.717, 1.165) is 4.68 Å². The van der Waals surface area contributed by atoms with Crippen LogP contribution in [0.4, 0.5) is 19.0 Å². The molecule has 0 aromatic carbocycles. The van der Waals surface area contributed by atoms with Gasteiger partial charge in [-0.25, -0.2) is 9.97 Å². The molecule has 0 saturated heterocycles. The second-order valence-corrected chi connectivity index (χ2v) is 3.66. The zero-order valence-corrected chi connectivity index (χ0v) is 9.18. The van der Waals surface area contributed by atoms with Crippen molar-refractivity contribution < 1.29 is 13.2 Å². The molecule has 0 unspecified atom stereocenters. The molecule has 3 heterocycles. The average molecular weight is 269 g/mol. The molecule has 98 valence electrons. The zero-order chi connectivity index (χ0) is 13.6. The summed E-state index contributed by atoms with van der Waals surface area (Å²) in [5.74, 6) is -0.0235. The Labute approximate surface area is 103 Å². The van der Waals surface area contributed by atoms with Crippen LogP contribution in [-0.4, -0.2) is 29.9 Å². The molecule has 0 atom stereocenters. The van der Waals surface area contributed by atoms with Crippen molar-refractivity contribution in [3.63, 3.8) is 0 Å². The number of nitrogen functional groups attached to an aromatic ring is 1. The Kier molecular flexibility index (Phi) is 2.21. The van der Waals surface area contributed by atoms with Crippen molar-refractivity contribution >= 4 is 16.9 Å². The number of halogens is 3. The number of H-pyrrole nitrogens is 1. The molecule has 3 N–H and O–H groups in total. The predicted octanol–water partition coefficient (Wildman–Crippen LogP) is 1.14. The van der Waals surface area contributed by atoms with Crippen LogP contribution in [0.5, 0.6) is 0 Å². The van der Waals surface area contributed by atoms with Crippen molar-refractivity contribution in [2.75, 3.05) is 5.73 Å². The predicted molar refractivity (Wildman–Crippen MR) is 58.2 cm³/mol. The van der Waals surface area contributed by atoms with Gasteiger partial charge in [0, 0.05) is 12.3 Å². The number of anilines is 1. The Bertz CT molecular complexity index is 727. The van der Waals surface area contributed by atoms with Gasteiger partial charge in [0.05, 0.1) is 5.39 Å². The van der Waals surface area contributed by atoms with E-state index in [9.17, 15) is 13.2 Å². The fourth-order valence-electron chi connectivity index (χ4n) is 1.70. The normalized spacial score (nSPS) is 12.2. The Morgan fingerprint density at radius 3 is 2.74 bits per heavy atom. The minimum atomic E-state index is -4.63. The van der Waals surface area contributed by atoms with Crippen molar-refractivity contribution in [3.8, 4) is 5.82 Å². The summed E-state index contributed by atoms with van der Waals surface area (Å²) in [5.41, 5.74) is 4.32. The van der Waals surface area contributed by atoms with Crippen LogP contribution in [-0.2, 0) is 6.18 Å². The lowest BCUT2D eigenvalue weighted by atomic mass is 10.3. The number of hydrogen-bond acceptors (Lipinski definition) is 5. The number of nitrogens with two attached hydrogens (primary N) is 1. The Hall–Kier alpha value is -2.65. The standard InChI is InChI=1S/C9H6F3N7/c10-9(11,12)6-5-7(13)16-17-8(5)19(18-6)4-1-2-14-3-15-4/h1-3H,(H3,13,16,17). The summed E-state index contributed by atoms with van der Waals surface area (Å²) < 4.78 is 39.7. The van der Waals surface area contributed by atoms with E-state index in [2.05, 4.69) is 25.3 Å². The number of alkyl halides is 3. The number of nitrogens with one attached hydrogen (secondary N) is 1. The van der Waals surface area contributed by atoms with Crippen molar-refractivity contribution in [2.24, 2.45) is 0 Å². The van der Waals surface area contributed by atoms with Gasteiger partial charge in [-0.3, -0.25) is 5.10 Å². The summed E-state index contributed by atoms with van der Waals surface area (Å²) in [5, 5.41) is 9.24. The van der Waals surface area contributed by atoms with Crippen LogP contribution in [0.1, 0.15) is 5.69 Å². The van der Waals surface area contributed by atoms with Crippen LogP contribution < -0.4 is 5.73 Å². The molecule has 0 bridgehead atoms. The van der Waals surface area contributed by atoms with Crippen LogP contribution in [0.3, 0.4) is 0 Å². The third kappa shape index (κ3) is 1.68. The maximum atomic E-state index is 12.9. The van der Waals surface area contributed by atoms with Crippen LogP contribution >= 0.6 is 0 Å². The Balaban J connectivity index is 2.34. The molecule has 0 aliphatic rings. The molecular weight excluding hydrogens is 263 g/mol. The first-order chi connectivity index (χ1) is 8.98. The fourth-order valence-corrected chi connectivity index (χ4v) is 1.70. The molecule has 0 aliphatic heterocycles. The van der Waals surface area contributed by atoms with Gasteiger partial charge in [0.25, 0.3) is 0 Å². The van der Waals surface area contributed by atoms with E-state index in [1.165, 1.54) is 18.6 Å². The number of aromatic nitrogens is 6. The van der Waals surface area contributed by atoms with Gasteiger partial charge in [0.15, 0.2) is 17.2 Å². The first kappa shape index (κ1) is 11.4. The second-order valence-electron chi connectivity index (χ2n) is 3.66. The maximum absolute atomic E-state index is 12.9. The molecule has 7 nitrogen and oxygen atoms in total. The molecule has 3 rings (SSSR count). The summed E-state index contributed by atoms with van der Waals surface area (Å²) in [6.45, 7) is 0. The van der Waals surface area contributed by atoms with Gasteiger partial charge in [0.1, 0.15) is 12.1 Å². The summed E-state index contributed by atoms with van der Waals surface area (Å²) in [4.78, 5) is 7.52. The van der Waals surface area contributed by atoms with E-state index in [-0.39, 0.29) is 22.7 Å². The van der Waals surface area contributed by atoms with Gasteiger partial charge in [-0.15, -0.1) is 0 Å². The minimum absolute atomic E-state index is 0.0384. The van der Waals surface area contributed by atoms with Gasteiger partial charge >= 0.3 is 6.18 Å². The number of fused-ring (bicyclic) bond motifs is 1. The highest BCUT2D eigenvalue weighted by Crippen LogP contribution is 2.36. The van der Waals surface area contributed by atoms with Gasteiger partial charge in [-0.1, -0.05) is 0 Å². The molecule has 10 heteroatoms. The molecular formula is C9H6F3N7. The smallest absolute Gasteiger partial charge is 0.383 e. The third-order valence-corrected chi connectivity index (χ3v) is 2.46. The number of rotatable bonds is 1. The van der Waals surface area contributed by atoms with Crippen LogP contribution in [0.2, 0.25) is 0 Å². The molecule has 0 saturated carbocycles. The van der Waals surface area contributed by atoms with Gasteiger partial charge in [-0.05, 0) is 0 Å². The van der Waals surface area contributed by atoms with Crippen molar-refractivity contribution in [3.05, 3.63) is 24.3 Å². The van der Waals surface area contributed by atoms with Crippen LogP contribution in [0, 0.1) is 0 Å². The topological polar surface area (TPSA) is 98.3 Å². The lowest BCUT2D eigenvalue weighted by molar-refractivity contribution is -0.140. The molecule has 3 aromatic rings. The second kappa shape index (κ2) is 3.67. The monoisotopic (exact) mass is 269 g/mol. The summed E-state index contributed by atoms with van der Waals surface area (Å²) in [6.07, 6.45) is -2.04. The molecule has 19 heavy (non-hydrogen) atoms. The van der Waals surface area contributed by atoms with Crippen molar-refractivity contribution in [1.82, 2.24) is 29.9 Å². The largest absolute Gasteiger partial charge is 0.436 e. The van der Waals surface area contributed by atoms with Gasteiger partial charge in [-0.2, -0.15) is 28.1 Å². The molecule has 0 fully saturated rings. The quantitative estimate of drug-likeness (QED) is 0.690. The molecule has 0 radical (unpaired) electrons. The Morgan fingerprint density at radius 2 is 2.11 bits per heavy atom. The lowest BCUT2D eigenvalue weighted by Gasteiger charge is -2.02. The number of nitrogens with zero attached hydrogens (tertiary/aromatic N) is 5. The highest BCUT2D eigenvalue weighted by atomic mass is 19.4. The average Bonchev–Trinajstić information content (AvgIpc) is 2.91. The third-order valence-electron chi connectivity index (χ3n) is 2.46. The zero-order valence-electron chi connectivity index (χ0n) is 9.18. The summed E-state index contributed by atoms with van der Waals surface area (Å²) >= 11 is 0. The van der Waals surface area contributed by atoms with Crippen LogP contribution in [0.15, 0.2) is 18.6 Å². The van der Waals surface area contributed by atoms with Crippen LogP contribution in [0.25, 0.3) is 16.9 Å². The summed E-state index contributed by atoms with van der Waals surface area (Å²) in [6, 6.07) is 1.41. The van der Waals surface area contributed by atoms with Crippen molar-refractivity contribution in [2.45, 2.75) is 6.18 Å². The van der Waals surface area contributed by atoms with E-state index in [1.54, 1.807) is 0 Å². The van der Waals surface area contributed by atoms with E-state index in [0.29, 0.717) is 0 Å². The first-order valence-corrected chi connectivity index (χ1v) is 5.04. The summed E-state index contributed by atoms with van der Waals surface area (Å²) in [7, 11) is 0. The Morgan fingerprint density at radius 1 is 1.32 bits per heavy atom. The van der Waals surface area contributed by atoms with E-state index in [4.69, 9.17) is 5.73 Å². The minimum Gasteiger partial charge on any atom is -0.383 e. The van der Waals surface area contributed by atoms with Gasteiger partial charge in [0.2, 0.25) is 0 Å². The van der Waals surface area contributed by atoms with E-state index < -0.39 is 11.9 Å². The lowest BCUT2D eigenvalue weighted by Crippen LogP contribution is -2.09. The SMILES string of the molecule is Nc1[nH]nc2c1c(C(F)(F)F)nn2-c1ccncn1. The number of hydrogen-bond donors (Lipinski definition) is 2. The van der Waals surface area contributed by atoms with Crippen molar-refractivity contribution in [1.29, 1.82) is 0 Å². The maximum Gasteiger partial charge on any atom is 0.436 e. The highest BCUT2D eigenvalue weighted by molar-refractivity contribution is 5.90. The first-order valence-electron chi connectivity index (χ1n) is 5.04. The van der Waals surface area contributed by atoms with Gasteiger partial charge < -0.3 is 5.73 Å². The van der Waals surface area contributed by atoms with E-state index in [1.807, 2.05) is 0 Å². The number of aromatic amines is 1. The van der Waals surface area contributed by atoms with E-state index >= 15 is 0 Å².